The first-order valence-corrected chi connectivity index (χ1v) is 7.61. The van der Waals surface area contributed by atoms with Crippen molar-refractivity contribution in [3.05, 3.63) is 64.2 Å². The minimum atomic E-state index is -3.94. The zero-order chi connectivity index (χ0) is 15.5. The molecule has 0 saturated carbocycles. The summed E-state index contributed by atoms with van der Waals surface area (Å²) >= 11 is 0. The number of nitro groups is 1. The number of nitro benzene ring substituents is 1. The van der Waals surface area contributed by atoms with Crippen LogP contribution in [0.3, 0.4) is 0 Å². The van der Waals surface area contributed by atoms with Crippen LogP contribution < -0.4 is 4.18 Å². The minimum absolute atomic E-state index is 0.0279. The summed E-state index contributed by atoms with van der Waals surface area (Å²) in [6, 6.07) is 11.2. The molecule has 0 radical (unpaired) electrons. The van der Waals surface area contributed by atoms with Gasteiger partial charge in [0.05, 0.1) is 4.92 Å². The molecule has 0 aliphatic heterocycles. The molecule has 0 aliphatic carbocycles. The summed E-state index contributed by atoms with van der Waals surface area (Å²) < 4.78 is 29.1. The highest BCUT2D eigenvalue weighted by atomic mass is 32.2. The van der Waals surface area contributed by atoms with Gasteiger partial charge in [-0.3, -0.25) is 10.1 Å². The van der Waals surface area contributed by atoms with Crippen LogP contribution in [-0.2, 0) is 16.5 Å². The number of rotatable bonds is 5. The largest absolute Gasteiger partial charge is 0.379 e. The van der Waals surface area contributed by atoms with Crippen LogP contribution in [0.2, 0.25) is 0 Å². The van der Waals surface area contributed by atoms with Crippen LogP contribution in [0, 0.1) is 10.1 Å². The summed E-state index contributed by atoms with van der Waals surface area (Å²) in [6.07, 6.45) is 0.809. The first-order valence-electron chi connectivity index (χ1n) is 6.20. The molecule has 2 aromatic carbocycles. The van der Waals surface area contributed by atoms with E-state index in [1.165, 1.54) is 36.4 Å². The lowest BCUT2D eigenvalue weighted by Crippen LogP contribution is -2.09. The second-order valence-electron chi connectivity index (χ2n) is 4.29. The lowest BCUT2D eigenvalue weighted by atomic mass is 10.2. The van der Waals surface area contributed by atoms with Crippen molar-refractivity contribution in [2.24, 2.45) is 0 Å². The molecule has 0 aromatic heterocycles. The van der Waals surface area contributed by atoms with E-state index in [-0.39, 0.29) is 16.3 Å². The van der Waals surface area contributed by atoms with Gasteiger partial charge in [0.2, 0.25) is 0 Å². The smallest absolute Gasteiger partial charge is 0.339 e. The van der Waals surface area contributed by atoms with E-state index in [1.54, 1.807) is 12.1 Å². The molecule has 0 amide bonds. The van der Waals surface area contributed by atoms with Crippen LogP contribution >= 0.6 is 0 Å². The Labute approximate surface area is 122 Å². The zero-order valence-electron chi connectivity index (χ0n) is 11.2. The van der Waals surface area contributed by atoms with Crippen LogP contribution in [0.25, 0.3) is 0 Å². The molecule has 0 N–H and O–H groups in total. The predicted octanol–water partition coefficient (Wildman–Crippen LogP) is 2.92. The molecule has 7 heteroatoms. The molecule has 2 aromatic rings. The molecular formula is C14H13NO5S. The van der Waals surface area contributed by atoms with Crippen LogP contribution in [0.1, 0.15) is 12.5 Å². The normalized spacial score (nSPS) is 11.1. The molecule has 0 unspecified atom stereocenters. The predicted molar refractivity (Wildman–Crippen MR) is 76.7 cm³/mol. The summed E-state index contributed by atoms with van der Waals surface area (Å²) in [5.41, 5.74) is 0.885. The Kier molecular flexibility index (Phi) is 4.23. The average Bonchev–Trinajstić information content (AvgIpc) is 2.47. The number of benzene rings is 2. The van der Waals surface area contributed by atoms with Crippen molar-refractivity contribution in [2.45, 2.75) is 18.2 Å². The maximum atomic E-state index is 12.1. The van der Waals surface area contributed by atoms with Crippen molar-refractivity contribution in [2.75, 3.05) is 0 Å². The topological polar surface area (TPSA) is 86.5 Å². The van der Waals surface area contributed by atoms with Crippen molar-refractivity contribution in [3.8, 4) is 5.75 Å². The summed E-state index contributed by atoms with van der Waals surface area (Å²) in [4.78, 5) is 10.00. The Morgan fingerprint density at radius 1 is 1.05 bits per heavy atom. The van der Waals surface area contributed by atoms with Crippen LogP contribution in [-0.4, -0.2) is 13.3 Å². The van der Waals surface area contributed by atoms with Crippen molar-refractivity contribution < 1.29 is 17.5 Å². The van der Waals surface area contributed by atoms with Crippen molar-refractivity contribution in [3.63, 3.8) is 0 Å². The highest BCUT2D eigenvalue weighted by Gasteiger charge is 2.17. The zero-order valence-corrected chi connectivity index (χ0v) is 12.0. The maximum Gasteiger partial charge on any atom is 0.339 e. The Morgan fingerprint density at radius 2 is 1.62 bits per heavy atom. The van der Waals surface area contributed by atoms with Gasteiger partial charge < -0.3 is 4.18 Å². The van der Waals surface area contributed by atoms with E-state index < -0.39 is 15.0 Å². The third-order valence-electron chi connectivity index (χ3n) is 2.87. The number of hydrogen-bond acceptors (Lipinski definition) is 5. The second-order valence-corrected chi connectivity index (χ2v) is 5.83. The SMILES string of the molecule is CCc1ccc(S(=O)(=O)Oc2ccc([N+](=O)[O-])cc2)cc1. The first kappa shape index (κ1) is 15.0. The van der Waals surface area contributed by atoms with Gasteiger partial charge in [-0.1, -0.05) is 19.1 Å². The fraction of sp³-hybridized carbons (Fsp3) is 0.143. The van der Waals surface area contributed by atoms with Gasteiger partial charge in [-0.2, -0.15) is 8.42 Å². The van der Waals surface area contributed by atoms with Gasteiger partial charge in [-0.15, -0.1) is 0 Å². The molecule has 2 rings (SSSR count). The number of nitrogens with zero attached hydrogens (tertiary/aromatic N) is 1. The molecule has 0 fully saturated rings. The van der Waals surface area contributed by atoms with E-state index in [0.717, 1.165) is 12.0 Å². The Balaban J connectivity index is 2.21. The van der Waals surface area contributed by atoms with Gasteiger partial charge in [-0.05, 0) is 36.2 Å². The highest BCUT2D eigenvalue weighted by Crippen LogP contribution is 2.22. The lowest BCUT2D eigenvalue weighted by Gasteiger charge is -2.07. The quantitative estimate of drug-likeness (QED) is 0.481. The van der Waals surface area contributed by atoms with Crippen molar-refractivity contribution in [1.82, 2.24) is 0 Å². The highest BCUT2D eigenvalue weighted by molar-refractivity contribution is 7.87. The van der Waals surface area contributed by atoms with Gasteiger partial charge >= 0.3 is 10.1 Å². The number of hydrogen-bond donors (Lipinski definition) is 0. The van der Waals surface area contributed by atoms with E-state index in [0.29, 0.717) is 0 Å². The molecule has 0 spiro atoms. The van der Waals surface area contributed by atoms with Gasteiger partial charge in [0.15, 0.2) is 0 Å². The fourth-order valence-corrected chi connectivity index (χ4v) is 2.62. The van der Waals surface area contributed by atoms with Gasteiger partial charge in [0.1, 0.15) is 10.6 Å². The van der Waals surface area contributed by atoms with Crippen molar-refractivity contribution in [1.29, 1.82) is 0 Å². The third kappa shape index (κ3) is 3.57. The molecule has 6 nitrogen and oxygen atoms in total. The Bertz CT molecular complexity index is 736. The van der Waals surface area contributed by atoms with E-state index in [1.807, 2.05) is 6.92 Å². The maximum absolute atomic E-state index is 12.1. The average molecular weight is 307 g/mol. The Morgan fingerprint density at radius 3 is 2.10 bits per heavy atom. The van der Waals surface area contributed by atoms with Crippen LogP contribution in [0.15, 0.2) is 53.4 Å². The van der Waals surface area contributed by atoms with Crippen LogP contribution in [0.4, 0.5) is 5.69 Å². The molecule has 0 atom stereocenters. The number of non-ortho nitro benzene ring substituents is 1. The summed E-state index contributed by atoms with van der Waals surface area (Å²) in [5, 5.41) is 10.5. The van der Waals surface area contributed by atoms with E-state index in [9.17, 15) is 18.5 Å². The molecule has 0 heterocycles. The minimum Gasteiger partial charge on any atom is -0.379 e. The molecule has 0 aliphatic rings. The van der Waals surface area contributed by atoms with Crippen LogP contribution in [0.5, 0.6) is 5.75 Å². The standard InChI is InChI=1S/C14H13NO5S/c1-2-11-3-9-14(10-4-11)21(18,19)20-13-7-5-12(6-8-13)15(16)17/h3-10H,2H2,1H3. The van der Waals surface area contributed by atoms with E-state index in [4.69, 9.17) is 4.18 Å². The van der Waals surface area contributed by atoms with Crippen molar-refractivity contribution >= 4 is 15.8 Å². The van der Waals surface area contributed by atoms with Gasteiger partial charge in [0.25, 0.3) is 5.69 Å². The van der Waals surface area contributed by atoms with E-state index in [2.05, 4.69) is 0 Å². The fourth-order valence-electron chi connectivity index (χ4n) is 1.69. The third-order valence-corrected chi connectivity index (χ3v) is 4.14. The van der Waals surface area contributed by atoms with Gasteiger partial charge in [-0.25, -0.2) is 0 Å². The molecular weight excluding hydrogens is 294 g/mol. The first-order chi connectivity index (χ1) is 9.92. The summed E-state index contributed by atoms with van der Waals surface area (Å²) in [7, 11) is -3.94. The molecule has 21 heavy (non-hydrogen) atoms. The summed E-state index contributed by atoms with van der Waals surface area (Å²) in [6.45, 7) is 1.97. The van der Waals surface area contributed by atoms with Gasteiger partial charge in [0, 0.05) is 12.1 Å². The monoisotopic (exact) mass is 307 g/mol. The lowest BCUT2D eigenvalue weighted by molar-refractivity contribution is -0.384. The Hall–Kier alpha value is -2.41. The number of aryl methyl sites for hydroxylation is 1. The summed E-state index contributed by atoms with van der Waals surface area (Å²) in [5.74, 6) is 0.0279. The molecule has 0 saturated heterocycles. The second kappa shape index (κ2) is 5.92. The molecule has 0 bridgehead atoms. The molecule has 110 valence electrons. The van der Waals surface area contributed by atoms with E-state index >= 15 is 0 Å².